The van der Waals surface area contributed by atoms with Crippen LogP contribution in [0.4, 0.5) is 0 Å². The molecular weight excluding hydrogens is 187 g/mol. The van der Waals surface area contributed by atoms with Crippen molar-refractivity contribution in [2.24, 2.45) is 11.8 Å². The van der Waals surface area contributed by atoms with Crippen LogP contribution in [0.2, 0.25) is 0 Å². The predicted octanol–water partition coefficient (Wildman–Crippen LogP) is 1.62. The molecule has 0 amide bonds. The fraction of sp³-hybridized carbons (Fsp3) is 1.00. The molecule has 3 unspecified atom stereocenters. The van der Waals surface area contributed by atoms with E-state index in [1.165, 1.54) is 0 Å². The Morgan fingerprint density at radius 1 is 1.31 bits per heavy atom. The summed E-state index contributed by atoms with van der Waals surface area (Å²) in [6.07, 6.45) is 0.417. The molecule has 0 spiro atoms. The van der Waals surface area contributed by atoms with Crippen molar-refractivity contribution in [3.05, 3.63) is 0 Å². The maximum Gasteiger partial charge on any atom is 0.161 e. The molecule has 0 aromatic rings. The molecule has 2 heterocycles. The molecule has 4 heteroatoms. The molecule has 2 aliphatic rings. The third kappa shape index (κ3) is 1.63. The summed E-state index contributed by atoms with van der Waals surface area (Å²) in [5, 5.41) is 0. The van der Waals surface area contributed by atoms with Gasteiger partial charge in [-0.05, 0) is 12.6 Å². The Hall–Kier alpha value is 0.310. The Labute approximate surface area is 81.0 Å². The van der Waals surface area contributed by atoms with Gasteiger partial charge in [0.25, 0.3) is 0 Å². The van der Waals surface area contributed by atoms with Crippen molar-refractivity contribution in [3.63, 3.8) is 0 Å². The van der Waals surface area contributed by atoms with Crippen LogP contribution in [0.3, 0.4) is 0 Å². The molecule has 0 aliphatic carbocycles. The first-order valence-corrected chi connectivity index (χ1v) is 6.24. The van der Waals surface area contributed by atoms with E-state index in [4.69, 9.17) is 14.0 Å². The number of ether oxygens (including phenoxy) is 2. The Kier molecular flexibility index (Phi) is 2.89. The van der Waals surface area contributed by atoms with Gasteiger partial charge in [0, 0.05) is 14.7 Å². The molecular formula is C9H17O3P. The van der Waals surface area contributed by atoms with Gasteiger partial charge in [-0.3, -0.25) is 0 Å². The molecule has 2 aliphatic heterocycles. The van der Waals surface area contributed by atoms with Crippen molar-refractivity contribution in [2.45, 2.75) is 32.3 Å². The van der Waals surface area contributed by atoms with Gasteiger partial charge in [-0.2, -0.15) is 0 Å². The van der Waals surface area contributed by atoms with Gasteiger partial charge < -0.3 is 14.0 Å². The summed E-state index contributed by atoms with van der Waals surface area (Å²) in [6.45, 7) is 7.16. The number of hydrogen-bond donors (Lipinski definition) is 0. The monoisotopic (exact) mass is 204 g/mol. The minimum Gasteiger partial charge on any atom is -0.356 e. The van der Waals surface area contributed by atoms with Crippen molar-refractivity contribution in [2.75, 3.05) is 13.3 Å². The minimum absolute atomic E-state index is 0.0139. The molecule has 0 radical (unpaired) electrons. The second kappa shape index (κ2) is 3.82. The zero-order valence-electron chi connectivity index (χ0n) is 8.32. The zero-order valence-corrected chi connectivity index (χ0v) is 9.32. The smallest absolute Gasteiger partial charge is 0.161 e. The highest BCUT2D eigenvalue weighted by atomic mass is 31.1. The Morgan fingerprint density at radius 2 is 2.08 bits per heavy atom. The van der Waals surface area contributed by atoms with Gasteiger partial charge in [-0.25, -0.2) is 0 Å². The molecule has 0 saturated carbocycles. The lowest BCUT2D eigenvalue weighted by Crippen LogP contribution is -2.44. The van der Waals surface area contributed by atoms with Gasteiger partial charge in [0.05, 0.1) is 12.7 Å². The van der Waals surface area contributed by atoms with E-state index < -0.39 is 0 Å². The summed E-state index contributed by atoms with van der Waals surface area (Å²) in [4.78, 5) is 0. The van der Waals surface area contributed by atoms with Crippen molar-refractivity contribution >= 4 is 8.81 Å². The van der Waals surface area contributed by atoms with Gasteiger partial charge >= 0.3 is 0 Å². The summed E-state index contributed by atoms with van der Waals surface area (Å²) < 4.78 is 17.0. The van der Waals surface area contributed by atoms with Crippen LogP contribution in [0.25, 0.3) is 0 Å². The molecule has 2 bridgehead atoms. The van der Waals surface area contributed by atoms with Gasteiger partial charge in [-0.15, -0.1) is 0 Å². The average molecular weight is 204 g/mol. The quantitative estimate of drug-likeness (QED) is 0.640. The topological polar surface area (TPSA) is 27.7 Å². The summed E-state index contributed by atoms with van der Waals surface area (Å²) >= 11 is 0. The first kappa shape index (κ1) is 9.85. The van der Waals surface area contributed by atoms with Crippen LogP contribution in [-0.2, 0) is 14.0 Å². The van der Waals surface area contributed by atoms with E-state index in [1.807, 2.05) is 0 Å². The fourth-order valence-electron chi connectivity index (χ4n) is 2.09. The lowest BCUT2D eigenvalue weighted by atomic mass is 9.86. The number of rotatable bonds is 2. The summed E-state index contributed by atoms with van der Waals surface area (Å²) in [5.41, 5.74) is 0. The lowest BCUT2D eigenvalue weighted by Gasteiger charge is -2.37. The molecule has 2 rings (SSSR count). The zero-order chi connectivity index (χ0) is 9.42. The van der Waals surface area contributed by atoms with E-state index in [1.54, 1.807) is 0 Å². The summed E-state index contributed by atoms with van der Waals surface area (Å²) in [5.74, 6) is 0.985. The van der Waals surface area contributed by atoms with Crippen LogP contribution in [0.5, 0.6) is 0 Å². The molecule has 76 valence electrons. The second-order valence-corrected chi connectivity index (χ2v) is 4.53. The third-order valence-electron chi connectivity index (χ3n) is 3.13. The lowest BCUT2D eigenvalue weighted by molar-refractivity contribution is -0.165. The average Bonchev–Trinajstić information content (AvgIpc) is 2.56. The molecule has 13 heavy (non-hydrogen) atoms. The Bertz CT molecular complexity index is 188. The molecule has 0 N–H and O–H groups in total. The third-order valence-corrected chi connectivity index (χ3v) is 3.64. The van der Waals surface area contributed by atoms with Crippen LogP contribution in [0, 0.1) is 11.8 Å². The normalized spacial score (nSPS) is 50.5. The maximum atomic E-state index is 5.72. The SMILES string of the molecule is CPO[C@@H]1C2CO[C@H](O2)[C@@H](C)C1C. The highest BCUT2D eigenvalue weighted by Gasteiger charge is 2.47. The van der Waals surface area contributed by atoms with Gasteiger partial charge in [0.15, 0.2) is 6.29 Å². The van der Waals surface area contributed by atoms with Crippen LogP contribution < -0.4 is 0 Å². The van der Waals surface area contributed by atoms with Crippen LogP contribution in [0.1, 0.15) is 13.8 Å². The highest BCUT2D eigenvalue weighted by Crippen LogP contribution is 2.39. The van der Waals surface area contributed by atoms with Crippen molar-refractivity contribution in [3.8, 4) is 0 Å². The van der Waals surface area contributed by atoms with Crippen LogP contribution >= 0.6 is 8.81 Å². The fourth-order valence-corrected chi connectivity index (χ4v) is 2.73. The van der Waals surface area contributed by atoms with Crippen LogP contribution in [-0.4, -0.2) is 31.8 Å². The highest BCUT2D eigenvalue weighted by molar-refractivity contribution is 7.31. The molecule has 2 fully saturated rings. The van der Waals surface area contributed by atoms with Gasteiger partial charge in [0.2, 0.25) is 0 Å². The first-order valence-electron chi connectivity index (χ1n) is 4.83. The molecule has 2 saturated heterocycles. The van der Waals surface area contributed by atoms with E-state index in [0.717, 1.165) is 0 Å². The second-order valence-electron chi connectivity index (χ2n) is 3.88. The van der Waals surface area contributed by atoms with E-state index >= 15 is 0 Å². The summed E-state index contributed by atoms with van der Waals surface area (Å²) in [6, 6.07) is 0. The number of hydrogen-bond acceptors (Lipinski definition) is 3. The van der Waals surface area contributed by atoms with Crippen molar-refractivity contribution in [1.29, 1.82) is 0 Å². The summed E-state index contributed by atoms with van der Waals surface area (Å²) in [7, 11) is 0.536. The van der Waals surface area contributed by atoms with Crippen molar-refractivity contribution in [1.82, 2.24) is 0 Å². The maximum absolute atomic E-state index is 5.72. The van der Waals surface area contributed by atoms with E-state index in [2.05, 4.69) is 20.5 Å². The van der Waals surface area contributed by atoms with Gasteiger partial charge in [0.1, 0.15) is 6.10 Å². The largest absolute Gasteiger partial charge is 0.356 e. The number of fused-ring (bicyclic) bond motifs is 2. The van der Waals surface area contributed by atoms with E-state index in [0.29, 0.717) is 27.3 Å². The predicted molar refractivity (Wildman–Crippen MR) is 52.1 cm³/mol. The first-order chi connectivity index (χ1) is 6.24. The van der Waals surface area contributed by atoms with Crippen LogP contribution in [0.15, 0.2) is 0 Å². The van der Waals surface area contributed by atoms with Crippen molar-refractivity contribution < 1.29 is 14.0 Å². The Morgan fingerprint density at radius 3 is 2.77 bits per heavy atom. The standard InChI is InChI=1S/C9H17O3P/c1-5-6(2)9-10-4-7(11-9)8(5)12-13-3/h5-9,13H,4H2,1-3H3/t5?,6-,7?,8-,9+/m0/s1. The van der Waals surface area contributed by atoms with E-state index in [-0.39, 0.29) is 18.5 Å². The van der Waals surface area contributed by atoms with E-state index in [9.17, 15) is 0 Å². The molecule has 6 atom stereocenters. The molecule has 0 aromatic carbocycles. The minimum atomic E-state index is 0.0139. The Balaban J connectivity index is 2.08. The molecule has 0 aromatic heterocycles. The van der Waals surface area contributed by atoms with Gasteiger partial charge in [-0.1, -0.05) is 13.8 Å². The molecule has 3 nitrogen and oxygen atoms in total.